The van der Waals surface area contributed by atoms with E-state index in [2.05, 4.69) is 15.3 Å². The number of H-pyrrole nitrogens is 1. The van der Waals surface area contributed by atoms with Crippen LogP contribution in [0.3, 0.4) is 0 Å². The molecule has 0 spiro atoms. The van der Waals surface area contributed by atoms with Crippen molar-refractivity contribution in [3.8, 4) is 0 Å². The fourth-order valence-corrected chi connectivity index (χ4v) is 1.10. The minimum Gasteiger partial charge on any atom is -0.394 e. The first-order valence-corrected chi connectivity index (χ1v) is 4.69. The number of carbonyl (C=O) groups is 1. The van der Waals surface area contributed by atoms with E-state index in [9.17, 15) is 9.59 Å². The van der Waals surface area contributed by atoms with E-state index in [1.165, 1.54) is 6.33 Å². The molecule has 87 valence electrons. The van der Waals surface area contributed by atoms with E-state index < -0.39 is 24.6 Å². The summed E-state index contributed by atoms with van der Waals surface area (Å²) < 4.78 is 0. The summed E-state index contributed by atoms with van der Waals surface area (Å²) in [7, 11) is 0. The van der Waals surface area contributed by atoms with Crippen LogP contribution in [0, 0.1) is 0 Å². The third kappa shape index (κ3) is 3.44. The van der Waals surface area contributed by atoms with Crippen LogP contribution in [0.25, 0.3) is 0 Å². The van der Waals surface area contributed by atoms with Gasteiger partial charge in [-0.25, -0.2) is 4.98 Å². The highest BCUT2D eigenvalue weighted by Gasteiger charge is 2.18. The molecule has 7 nitrogen and oxygen atoms in total. The summed E-state index contributed by atoms with van der Waals surface area (Å²) in [6, 6.07) is -1.84. The number of amides is 1. The maximum Gasteiger partial charge on any atom is 0.239 e. The molecule has 0 aliphatic carbocycles. The largest absolute Gasteiger partial charge is 0.394 e. The summed E-state index contributed by atoms with van der Waals surface area (Å²) in [4.78, 5) is 28.5. The summed E-state index contributed by atoms with van der Waals surface area (Å²) in [5, 5.41) is 11.0. The first-order chi connectivity index (χ1) is 7.67. The Morgan fingerprint density at radius 2 is 2.50 bits per heavy atom. The molecule has 1 rings (SSSR count). The minimum atomic E-state index is -1.03. The van der Waals surface area contributed by atoms with Crippen molar-refractivity contribution in [3.05, 3.63) is 18.2 Å². The monoisotopic (exact) mass is 225 g/mol. The Kier molecular flexibility index (Phi) is 4.62. The Hall–Kier alpha value is -1.73. The van der Waals surface area contributed by atoms with Crippen LogP contribution >= 0.6 is 0 Å². The SMILES string of the molecule is N[C@@H](CO)C(=O)N[C@H]([C]=O)Cc1c[nH]cn1. The molecule has 0 aliphatic heterocycles. The predicted octanol–water partition coefficient (Wildman–Crippen LogP) is -2.13. The molecule has 0 fully saturated rings. The van der Waals surface area contributed by atoms with Gasteiger partial charge in [0.1, 0.15) is 12.1 Å². The minimum absolute atomic E-state index is 0.233. The van der Waals surface area contributed by atoms with Crippen LogP contribution in [-0.4, -0.2) is 46.0 Å². The van der Waals surface area contributed by atoms with Crippen molar-refractivity contribution in [3.63, 3.8) is 0 Å². The Bertz CT molecular complexity index is 339. The Morgan fingerprint density at radius 1 is 1.75 bits per heavy atom. The van der Waals surface area contributed by atoms with E-state index >= 15 is 0 Å². The molecule has 5 N–H and O–H groups in total. The molecule has 1 aromatic rings. The fraction of sp³-hybridized carbons (Fsp3) is 0.444. The first-order valence-electron chi connectivity index (χ1n) is 4.69. The topological polar surface area (TPSA) is 121 Å². The van der Waals surface area contributed by atoms with Crippen molar-refractivity contribution < 1.29 is 14.7 Å². The van der Waals surface area contributed by atoms with Gasteiger partial charge in [-0.2, -0.15) is 0 Å². The lowest BCUT2D eigenvalue weighted by Crippen LogP contribution is -2.48. The van der Waals surface area contributed by atoms with Crippen LogP contribution in [0.2, 0.25) is 0 Å². The van der Waals surface area contributed by atoms with Crippen molar-refractivity contribution >= 4 is 12.2 Å². The van der Waals surface area contributed by atoms with E-state index in [0.29, 0.717) is 5.69 Å². The highest BCUT2D eigenvalue weighted by Crippen LogP contribution is 1.96. The normalized spacial score (nSPS) is 14.1. The molecule has 7 heteroatoms. The number of nitrogens with one attached hydrogen (secondary N) is 2. The standard InChI is InChI=1S/C9H13N4O3/c10-8(4-15)9(16)13-7(3-14)1-6-2-11-5-12-6/h2,5,7-8,15H,1,4,10H2,(H,11,12)(H,13,16)/t7-,8-/m0/s1. The van der Waals surface area contributed by atoms with E-state index in [0.717, 1.165) is 0 Å². The van der Waals surface area contributed by atoms with Crippen molar-refractivity contribution in [2.45, 2.75) is 18.5 Å². The van der Waals surface area contributed by atoms with Crippen molar-refractivity contribution in [2.75, 3.05) is 6.61 Å². The molecule has 1 heterocycles. The van der Waals surface area contributed by atoms with Gasteiger partial charge in [-0.05, 0) is 0 Å². The number of imidazole rings is 1. The zero-order valence-corrected chi connectivity index (χ0v) is 8.51. The molecule has 16 heavy (non-hydrogen) atoms. The maximum atomic E-state index is 11.3. The molecular weight excluding hydrogens is 212 g/mol. The van der Waals surface area contributed by atoms with E-state index in [1.807, 2.05) is 0 Å². The molecule has 0 bridgehead atoms. The fourth-order valence-electron chi connectivity index (χ4n) is 1.10. The zero-order chi connectivity index (χ0) is 12.0. The number of nitrogens with zero attached hydrogens (tertiary/aromatic N) is 1. The maximum absolute atomic E-state index is 11.3. The number of aliphatic hydroxyl groups excluding tert-OH is 1. The van der Waals surface area contributed by atoms with Gasteiger partial charge in [0.25, 0.3) is 0 Å². The van der Waals surface area contributed by atoms with Gasteiger partial charge in [0.2, 0.25) is 12.2 Å². The van der Waals surface area contributed by atoms with E-state index in [1.54, 1.807) is 12.5 Å². The molecular formula is C9H13N4O3. The quantitative estimate of drug-likeness (QED) is 0.440. The van der Waals surface area contributed by atoms with Crippen molar-refractivity contribution in [1.29, 1.82) is 0 Å². The highest BCUT2D eigenvalue weighted by atomic mass is 16.3. The number of aliphatic hydroxyl groups is 1. The van der Waals surface area contributed by atoms with Gasteiger partial charge in [-0.1, -0.05) is 0 Å². The Balaban J connectivity index is 2.49. The summed E-state index contributed by atoms with van der Waals surface area (Å²) in [5.74, 6) is -0.591. The average Bonchev–Trinajstić information content (AvgIpc) is 2.79. The van der Waals surface area contributed by atoms with Crippen LogP contribution in [0.1, 0.15) is 5.69 Å². The summed E-state index contributed by atoms with van der Waals surface area (Å²) in [5.41, 5.74) is 5.91. The number of hydrogen-bond acceptors (Lipinski definition) is 5. The molecule has 1 aromatic heterocycles. The molecule has 0 saturated heterocycles. The van der Waals surface area contributed by atoms with Gasteiger partial charge in [0, 0.05) is 12.6 Å². The summed E-state index contributed by atoms with van der Waals surface area (Å²) in [6.45, 7) is -0.472. The smallest absolute Gasteiger partial charge is 0.239 e. The molecule has 1 radical (unpaired) electrons. The van der Waals surface area contributed by atoms with Gasteiger partial charge < -0.3 is 21.1 Å². The van der Waals surface area contributed by atoms with Gasteiger partial charge in [0.15, 0.2) is 0 Å². The number of hydrogen-bond donors (Lipinski definition) is 4. The lowest BCUT2D eigenvalue weighted by Gasteiger charge is -2.13. The van der Waals surface area contributed by atoms with Crippen LogP contribution in [0.5, 0.6) is 0 Å². The molecule has 0 aromatic carbocycles. The number of rotatable bonds is 6. The second-order valence-electron chi connectivity index (χ2n) is 3.23. The summed E-state index contributed by atoms with van der Waals surface area (Å²) >= 11 is 0. The van der Waals surface area contributed by atoms with Gasteiger partial charge in [-0.3, -0.25) is 9.59 Å². The van der Waals surface area contributed by atoms with E-state index in [-0.39, 0.29) is 6.42 Å². The molecule has 0 unspecified atom stereocenters. The number of aromatic nitrogens is 2. The third-order valence-electron chi connectivity index (χ3n) is 1.96. The lowest BCUT2D eigenvalue weighted by molar-refractivity contribution is -0.123. The van der Waals surface area contributed by atoms with Crippen LogP contribution in [0.4, 0.5) is 0 Å². The third-order valence-corrected chi connectivity index (χ3v) is 1.96. The zero-order valence-electron chi connectivity index (χ0n) is 8.51. The highest BCUT2D eigenvalue weighted by molar-refractivity contribution is 5.84. The number of carbonyl (C=O) groups excluding carboxylic acids is 2. The van der Waals surface area contributed by atoms with Crippen LogP contribution in [-0.2, 0) is 16.0 Å². The average molecular weight is 225 g/mol. The van der Waals surface area contributed by atoms with Crippen LogP contribution < -0.4 is 11.1 Å². The van der Waals surface area contributed by atoms with Crippen molar-refractivity contribution in [2.24, 2.45) is 5.73 Å². The molecule has 0 saturated carbocycles. The Morgan fingerprint density at radius 3 is 3.00 bits per heavy atom. The van der Waals surface area contributed by atoms with E-state index in [4.69, 9.17) is 10.8 Å². The predicted molar refractivity (Wildman–Crippen MR) is 55.0 cm³/mol. The molecule has 0 aliphatic rings. The number of nitrogens with two attached hydrogens (primary N) is 1. The summed E-state index contributed by atoms with van der Waals surface area (Å²) in [6.07, 6.45) is 4.99. The van der Waals surface area contributed by atoms with Gasteiger partial charge in [0.05, 0.1) is 18.6 Å². The molecule has 2 atom stereocenters. The number of aromatic amines is 1. The lowest BCUT2D eigenvalue weighted by atomic mass is 10.1. The second-order valence-corrected chi connectivity index (χ2v) is 3.23. The van der Waals surface area contributed by atoms with Gasteiger partial charge in [-0.15, -0.1) is 0 Å². The van der Waals surface area contributed by atoms with Gasteiger partial charge >= 0.3 is 0 Å². The molecule has 1 amide bonds. The van der Waals surface area contributed by atoms with Crippen molar-refractivity contribution in [1.82, 2.24) is 15.3 Å². The first kappa shape index (κ1) is 12.3. The second kappa shape index (κ2) is 5.99. The Labute approximate surface area is 92.1 Å². The van der Waals surface area contributed by atoms with Crippen LogP contribution in [0.15, 0.2) is 12.5 Å².